The number of imide groups is 1. The number of carbonyl (C=O) groups excluding carboxylic acids is 2. The molecule has 0 aromatic heterocycles. The van der Waals surface area contributed by atoms with Crippen molar-refractivity contribution in [3.05, 3.63) is 0 Å². The zero-order valence-electron chi connectivity index (χ0n) is 7.73. The van der Waals surface area contributed by atoms with Crippen molar-refractivity contribution < 1.29 is 19.5 Å². The minimum Gasteiger partial charge on any atom is -0.481 e. The molecule has 0 spiro atoms. The molecular weight excluding hydrogens is 206 g/mol. The molecule has 6 heteroatoms. The first kappa shape index (κ1) is 11.0. The summed E-state index contributed by atoms with van der Waals surface area (Å²) in [6.45, 7) is -0.00986. The van der Waals surface area contributed by atoms with Gasteiger partial charge in [0.15, 0.2) is 0 Å². The number of thioether (sulfide) groups is 1. The quantitative estimate of drug-likeness (QED) is 0.668. The SMILES string of the molecule is CSC1CC(=O)N(CCC(=O)O)C1=O. The molecule has 78 valence electrons. The number of hydrogen-bond donors (Lipinski definition) is 1. The maximum atomic E-state index is 11.5. The summed E-state index contributed by atoms with van der Waals surface area (Å²) in [4.78, 5) is 34.0. The van der Waals surface area contributed by atoms with Crippen LogP contribution in [0.5, 0.6) is 0 Å². The molecule has 1 unspecified atom stereocenters. The predicted molar refractivity (Wildman–Crippen MR) is 50.9 cm³/mol. The van der Waals surface area contributed by atoms with Gasteiger partial charge in [0, 0.05) is 13.0 Å². The monoisotopic (exact) mass is 217 g/mol. The molecule has 1 fully saturated rings. The number of nitrogens with zero attached hydrogens (tertiary/aromatic N) is 1. The number of rotatable bonds is 4. The van der Waals surface area contributed by atoms with E-state index < -0.39 is 5.97 Å². The van der Waals surface area contributed by atoms with Gasteiger partial charge in [0.25, 0.3) is 0 Å². The molecule has 2 amide bonds. The molecule has 0 radical (unpaired) electrons. The van der Waals surface area contributed by atoms with E-state index in [1.54, 1.807) is 6.26 Å². The van der Waals surface area contributed by atoms with E-state index in [1.165, 1.54) is 11.8 Å². The van der Waals surface area contributed by atoms with Crippen molar-refractivity contribution in [1.29, 1.82) is 0 Å². The Kier molecular flexibility index (Phi) is 3.51. The number of carboxylic acid groups (broad SMARTS) is 1. The highest BCUT2D eigenvalue weighted by molar-refractivity contribution is 8.00. The fourth-order valence-electron chi connectivity index (χ4n) is 1.28. The van der Waals surface area contributed by atoms with Crippen LogP contribution < -0.4 is 0 Å². The number of likely N-dealkylation sites (tertiary alicyclic amines) is 1. The second-order valence-electron chi connectivity index (χ2n) is 2.96. The van der Waals surface area contributed by atoms with Crippen molar-refractivity contribution in [2.75, 3.05) is 12.8 Å². The molecule has 0 aliphatic carbocycles. The van der Waals surface area contributed by atoms with Crippen LogP contribution in [0.15, 0.2) is 0 Å². The lowest BCUT2D eigenvalue weighted by atomic mass is 10.4. The number of carbonyl (C=O) groups is 3. The van der Waals surface area contributed by atoms with Crippen LogP contribution in [0.2, 0.25) is 0 Å². The number of amides is 2. The van der Waals surface area contributed by atoms with Crippen molar-refractivity contribution in [2.24, 2.45) is 0 Å². The van der Waals surface area contributed by atoms with Gasteiger partial charge in [-0.05, 0) is 6.26 Å². The van der Waals surface area contributed by atoms with Crippen LogP contribution in [-0.4, -0.2) is 45.8 Å². The highest BCUT2D eigenvalue weighted by Crippen LogP contribution is 2.22. The van der Waals surface area contributed by atoms with E-state index in [0.29, 0.717) is 0 Å². The topological polar surface area (TPSA) is 74.7 Å². The van der Waals surface area contributed by atoms with E-state index in [0.717, 1.165) is 4.90 Å². The minimum atomic E-state index is -1.00. The Labute approximate surface area is 85.4 Å². The van der Waals surface area contributed by atoms with Gasteiger partial charge in [-0.15, -0.1) is 0 Å². The van der Waals surface area contributed by atoms with E-state index in [2.05, 4.69) is 0 Å². The molecule has 14 heavy (non-hydrogen) atoms. The zero-order valence-corrected chi connectivity index (χ0v) is 8.54. The van der Waals surface area contributed by atoms with Gasteiger partial charge in [-0.1, -0.05) is 0 Å². The lowest BCUT2D eigenvalue weighted by molar-refractivity contribution is -0.140. The summed E-state index contributed by atoms with van der Waals surface area (Å²) in [5.41, 5.74) is 0. The summed E-state index contributed by atoms with van der Waals surface area (Å²) >= 11 is 1.32. The molecule has 0 bridgehead atoms. The minimum absolute atomic E-state index is 0.00986. The van der Waals surface area contributed by atoms with Gasteiger partial charge in [-0.2, -0.15) is 11.8 Å². The van der Waals surface area contributed by atoms with Gasteiger partial charge >= 0.3 is 5.97 Å². The molecular formula is C8H11NO4S. The predicted octanol–water partition coefficient (Wildman–Crippen LogP) is -0.0484. The maximum absolute atomic E-state index is 11.5. The normalized spacial score (nSPS) is 21.8. The van der Waals surface area contributed by atoms with Gasteiger partial charge in [0.2, 0.25) is 11.8 Å². The summed E-state index contributed by atoms with van der Waals surface area (Å²) in [7, 11) is 0. The fourth-order valence-corrected chi connectivity index (χ4v) is 1.92. The van der Waals surface area contributed by atoms with Crippen LogP contribution in [0, 0.1) is 0 Å². The first-order chi connectivity index (χ1) is 6.56. The molecule has 0 saturated carbocycles. The average Bonchev–Trinajstić information content (AvgIpc) is 2.39. The summed E-state index contributed by atoms with van der Waals surface area (Å²) in [6, 6.07) is 0. The Morgan fingerprint density at radius 1 is 1.64 bits per heavy atom. The Hall–Kier alpha value is -1.04. The molecule has 5 nitrogen and oxygen atoms in total. The molecule has 1 heterocycles. The van der Waals surface area contributed by atoms with E-state index in [1.807, 2.05) is 0 Å². The third kappa shape index (κ3) is 2.25. The van der Waals surface area contributed by atoms with E-state index in [9.17, 15) is 14.4 Å². The van der Waals surface area contributed by atoms with Gasteiger partial charge in [-0.25, -0.2) is 0 Å². The summed E-state index contributed by atoms with van der Waals surface area (Å²) in [6.07, 6.45) is 1.77. The average molecular weight is 217 g/mol. The van der Waals surface area contributed by atoms with Crippen molar-refractivity contribution in [2.45, 2.75) is 18.1 Å². The largest absolute Gasteiger partial charge is 0.481 e. The van der Waals surface area contributed by atoms with Crippen molar-refractivity contribution >= 4 is 29.5 Å². The Morgan fingerprint density at radius 3 is 2.71 bits per heavy atom. The molecule has 0 aromatic rings. The first-order valence-corrected chi connectivity index (χ1v) is 5.44. The van der Waals surface area contributed by atoms with Crippen LogP contribution in [-0.2, 0) is 14.4 Å². The van der Waals surface area contributed by atoms with Crippen LogP contribution in [0.3, 0.4) is 0 Å². The molecule has 1 aliphatic heterocycles. The molecule has 1 aliphatic rings. The zero-order chi connectivity index (χ0) is 10.7. The second kappa shape index (κ2) is 4.45. The number of aliphatic carboxylic acids is 1. The standard InChI is InChI=1S/C8H11NO4S/c1-14-5-4-6(10)9(8(5)13)3-2-7(11)12/h5H,2-4H2,1H3,(H,11,12). The summed E-state index contributed by atoms with van der Waals surface area (Å²) in [5, 5.41) is 8.09. The summed E-state index contributed by atoms with van der Waals surface area (Å²) in [5.74, 6) is -1.53. The maximum Gasteiger partial charge on any atom is 0.305 e. The third-order valence-corrected chi connectivity index (χ3v) is 2.97. The van der Waals surface area contributed by atoms with E-state index in [-0.39, 0.29) is 36.5 Å². The van der Waals surface area contributed by atoms with Crippen molar-refractivity contribution in [1.82, 2.24) is 4.90 Å². The molecule has 1 atom stereocenters. The second-order valence-corrected chi connectivity index (χ2v) is 4.00. The molecule has 1 saturated heterocycles. The van der Waals surface area contributed by atoms with Crippen LogP contribution >= 0.6 is 11.8 Å². The van der Waals surface area contributed by atoms with E-state index >= 15 is 0 Å². The smallest absolute Gasteiger partial charge is 0.305 e. The third-order valence-electron chi connectivity index (χ3n) is 2.04. The van der Waals surface area contributed by atoms with Gasteiger partial charge in [0.05, 0.1) is 11.7 Å². The molecule has 0 aromatic carbocycles. The highest BCUT2D eigenvalue weighted by atomic mass is 32.2. The molecule has 1 rings (SSSR count). The van der Waals surface area contributed by atoms with Crippen molar-refractivity contribution in [3.8, 4) is 0 Å². The lowest BCUT2D eigenvalue weighted by Crippen LogP contribution is -2.33. The first-order valence-electron chi connectivity index (χ1n) is 4.15. The highest BCUT2D eigenvalue weighted by Gasteiger charge is 2.37. The van der Waals surface area contributed by atoms with Crippen LogP contribution in [0.1, 0.15) is 12.8 Å². The Bertz CT molecular complexity index is 279. The Morgan fingerprint density at radius 2 is 2.29 bits per heavy atom. The van der Waals surface area contributed by atoms with Crippen molar-refractivity contribution in [3.63, 3.8) is 0 Å². The van der Waals surface area contributed by atoms with Gasteiger partial charge in [0.1, 0.15) is 0 Å². The number of hydrogen-bond acceptors (Lipinski definition) is 4. The molecule has 1 N–H and O–H groups in total. The van der Waals surface area contributed by atoms with Crippen LogP contribution in [0.25, 0.3) is 0 Å². The Balaban J connectivity index is 2.56. The lowest BCUT2D eigenvalue weighted by Gasteiger charge is -2.12. The summed E-state index contributed by atoms with van der Waals surface area (Å²) < 4.78 is 0. The number of carboxylic acids is 1. The van der Waals surface area contributed by atoms with Crippen LogP contribution in [0.4, 0.5) is 0 Å². The van der Waals surface area contributed by atoms with Gasteiger partial charge in [-0.3, -0.25) is 19.3 Å². The van der Waals surface area contributed by atoms with E-state index in [4.69, 9.17) is 5.11 Å². The fraction of sp³-hybridized carbons (Fsp3) is 0.625. The van der Waals surface area contributed by atoms with Gasteiger partial charge < -0.3 is 5.11 Å².